The summed E-state index contributed by atoms with van der Waals surface area (Å²) in [7, 11) is 1.90. The van der Waals surface area contributed by atoms with E-state index in [9.17, 15) is 0 Å². The molecule has 3 aromatic rings. The first-order valence-electron chi connectivity index (χ1n) is 6.96. The first-order valence-corrected chi connectivity index (χ1v) is 6.96. The van der Waals surface area contributed by atoms with Crippen molar-refractivity contribution in [1.82, 2.24) is 29.5 Å². The number of nitrogens with one attached hydrogen (secondary N) is 1. The van der Waals surface area contributed by atoms with Gasteiger partial charge >= 0.3 is 0 Å². The van der Waals surface area contributed by atoms with Crippen LogP contribution < -0.4 is 0 Å². The second-order valence-electron chi connectivity index (χ2n) is 5.68. The van der Waals surface area contributed by atoms with Crippen molar-refractivity contribution in [3.8, 4) is 11.4 Å². The summed E-state index contributed by atoms with van der Waals surface area (Å²) in [6, 6.07) is 0. The zero-order chi connectivity index (χ0) is 14.3. The Labute approximate surface area is 117 Å². The van der Waals surface area contributed by atoms with Gasteiger partial charge in [-0.1, -0.05) is 13.8 Å². The quantitative estimate of drug-likeness (QED) is 0.793. The van der Waals surface area contributed by atoms with Crippen molar-refractivity contribution in [2.75, 3.05) is 0 Å². The molecule has 20 heavy (non-hydrogen) atoms. The van der Waals surface area contributed by atoms with Crippen molar-refractivity contribution in [1.29, 1.82) is 0 Å². The molecular weight excluding hydrogens is 252 g/mol. The largest absolute Gasteiger partial charge is 0.335 e. The van der Waals surface area contributed by atoms with Gasteiger partial charge < -0.3 is 4.98 Å². The molecule has 0 aromatic carbocycles. The number of hydrogen-bond acceptors (Lipinski definition) is 3. The predicted molar refractivity (Wildman–Crippen MR) is 78.3 cm³/mol. The van der Waals surface area contributed by atoms with Crippen LogP contribution in [0.2, 0.25) is 0 Å². The fourth-order valence-electron chi connectivity index (χ4n) is 2.30. The summed E-state index contributed by atoms with van der Waals surface area (Å²) < 4.78 is 3.78. The molecule has 0 aliphatic heterocycles. The monoisotopic (exact) mass is 272 g/mol. The summed E-state index contributed by atoms with van der Waals surface area (Å²) in [5.74, 6) is 1.51. The summed E-state index contributed by atoms with van der Waals surface area (Å²) in [4.78, 5) is 8.04. The molecule has 6 heteroatoms. The van der Waals surface area contributed by atoms with Gasteiger partial charge in [0.25, 0.3) is 0 Å². The molecule has 6 nitrogen and oxygen atoms in total. The fraction of sp³-hybridized carbons (Fsp3) is 0.500. The molecule has 0 fully saturated rings. The van der Waals surface area contributed by atoms with Crippen LogP contribution in [-0.4, -0.2) is 29.5 Å². The van der Waals surface area contributed by atoms with E-state index in [2.05, 4.69) is 34.0 Å². The number of nitrogens with zero attached hydrogens (tertiary/aromatic N) is 5. The molecule has 0 aliphatic rings. The average molecular weight is 272 g/mol. The highest BCUT2D eigenvalue weighted by Crippen LogP contribution is 2.22. The van der Waals surface area contributed by atoms with Gasteiger partial charge in [0.05, 0.1) is 17.5 Å². The number of hydrogen-bond donors (Lipinski definition) is 1. The first-order chi connectivity index (χ1) is 9.54. The molecule has 0 bridgehead atoms. The molecule has 0 atom stereocenters. The van der Waals surface area contributed by atoms with Crippen LogP contribution in [0.4, 0.5) is 0 Å². The molecule has 3 rings (SSSR count). The van der Waals surface area contributed by atoms with Crippen molar-refractivity contribution >= 4 is 11.2 Å². The third-order valence-electron chi connectivity index (χ3n) is 3.46. The lowest BCUT2D eigenvalue weighted by Gasteiger charge is -2.04. The van der Waals surface area contributed by atoms with Gasteiger partial charge in [-0.2, -0.15) is 10.2 Å². The Kier molecular flexibility index (Phi) is 3.08. The highest BCUT2D eigenvalue weighted by atomic mass is 15.3. The van der Waals surface area contributed by atoms with E-state index in [-0.39, 0.29) is 0 Å². The Morgan fingerprint density at radius 1 is 1.35 bits per heavy atom. The molecule has 0 spiro atoms. The van der Waals surface area contributed by atoms with E-state index >= 15 is 0 Å². The number of fused-ring (bicyclic) bond motifs is 1. The van der Waals surface area contributed by atoms with Gasteiger partial charge in [0.2, 0.25) is 0 Å². The van der Waals surface area contributed by atoms with Crippen molar-refractivity contribution in [3.63, 3.8) is 0 Å². The SMILES string of the molecule is Cc1nn(CCC(C)C)c2nc(-c3cnn(C)c3)[nH]c12. The molecule has 0 amide bonds. The van der Waals surface area contributed by atoms with E-state index in [0.717, 1.165) is 41.2 Å². The Hall–Kier alpha value is -2.11. The summed E-state index contributed by atoms with van der Waals surface area (Å²) in [6.07, 6.45) is 4.88. The van der Waals surface area contributed by atoms with E-state index in [0.29, 0.717) is 5.92 Å². The normalized spacial score (nSPS) is 11.8. The minimum atomic E-state index is 0.659. The molecular formula is C14H20N6. The average Bonchev–Trinajstić information content (AvgIpc) is 3.04. The molecule has 1 N–H and O–H groups in total. The lowest BCUT2D eigenvalue weighted by molar-refractivity contribution is 0.493. The number of aromatic amines is 1. The van der Waals surface area contributed by atoms with Crippen LogP contribution in [0, 0.1) is 12.8 Å². The van der Waals surface area contributed by atoms with E-state index in [4.69, 9.17) is 0 Å². The topological polar surface area (TPSA) is 64.3 Å². The smallest absolute Gasteiger partial charge is 0.177 e. The van der Waals surface area contributed by atoms with E-state index in [1.54, 1.807) is 4.68 Å². The van der Waals surface area contributed by atoms with Crippen LogP contribution in [0.3, 0.4) is 0 Å². The number of rotatable bonds is 4. The van der Waals surface area contributed by atoms with Crippen molar-refractivity contribution < 1.29 is 0 Å². The molecule has 3 aromatic heterocycles. The van der Waals surface area contributed by atoms with Gasteiger partial charge in [-0.3, -0.25) is 4.68 Å². The molecule has 106 valence electrons. The lowest BCUT2D eigenvalue weighted by Crippen LogP contribution is -2.04. The maximum Gasteiger partial charge on any atom is 0.177 e. The summed E-state index contributed by atoms with van der Waals surface area (Å²) in [6.45, 7) is 7.36. The third kappa shape index (κ3) is 2.21. The summed E-state index contributed by atoms with van der Waals surface area (Å²) in [5.41, 5.74) is 3.94. The van der Waals surface area contributed by atoms with Gasteiger partial charge in [0, 0.05) is 19.8 Å². The number of aromatic nitrogens is 6. The van der Waals surface area contributed by atoms with Gasteiger partial charge in [-0.25, -0.2) is 9.67 Å². The Balaban J connectivity index is 2.00. The molecule has 0 saturated heterocycles. The Bertz CT molecular complexity index is 730. The Morgan fingerprint density at radius 2 is 2.15 bits per heavy atom. The van der Waals surface area contributed by atoms with Gasteiger partial charge in [-0.05, 0) is 19.3 Å². The number of aryl methyl sites for hydroxylation is 3. The maximum atomic E-state index is 4.69. The van der Waals surface area contributed by atoms with Crippen LogP contribution in [0.1, 0.15) is 26.0 Å². The van der Waals surface area contributed by atoms with Crippen LogP contribution in [0.5, 0.6) is 0 Å². The van der Waals surface area contributed by atoms with Gasteiger partial charge in [0.1, 0.15) is 11.3 Å². The maximum absolute atomic E-state index is 4.69. The van der Waals surface area contributed by atoms with E-state index in [1.807, 2.05) is 31.0 Å². The minimum Gasteiger partial charge on any atom is -0.335 e. The number of H-pyrrole nitrogens is 1. The lowest BCUT2D eigenvalue weighted by atomic mass is 10.1. The standard InChI is InChI=1S/C14H20N6/c1-9(2)5-6-20-14-12(10(3)18-20)16-13(17-14)11-7-15-19(4)8-11/h7-9H,5-6H2,1-4H3,(H,16,17). The fourth-order valence-corrected chi connectivity index (χ4v) is 2.30. The minimum absolute atomic E-state index is 0.659. The van der Waals surface area contributed by atoms with Crippen molar-refractivity contribution in [3.05, 3.63) is 18.1 Å². The predicted octanol–water partition coefficient (Wildman–Crippen LogP) is 2.51. The molecule has 3 heterocycles. The molecule has 0 aliphatic carbocycles. The van der Waals surface area contributed by atoms with Crippen LogP contribution in [0.25, 0.3) is 22.6 Å². The summed E-state index contributed by atoms with van der Waals surface area (Å²) >= 11 is 0. The number of imidazole rings is 1. The van der Waals surface area contributed by atoms with Crippen LogP contribution in [-0.2, 0) is 13.6 Å². The van der Waals surface area contributed by atoms with Gasteiger partial charge in [-0.15, -0.1) is 0 Å². The molecule has 0 saturated carbocycles. The van der Waals surface area contributed by atoms with Crippen molar-refractivity contribution in [2.45, 2.75) is 33.7 Å². The third-order valence-corrected chi connectivity index (χ3v) is 3.46. The zero-order valence-electron chi connectivity index (χ0n) is 12.4. The van der Waals surface area contributed by atoms with Crippen LogP contribution in [0.15, 0.2) is 12.4 Å². The zero-order valence-corrected chi connectivity index (χ0v) is 12.4. The van der Waals surface area contributed by atoms with Gasteiger partial charge in [0.15, 0.2) is 5.65 Å². The first kappa shape index (κ1) is 12.9. The highest BCUT2D eigenvalue weighted by molar-refractivity contribution is 5.78. The highest BCUT2D eigenvalue weighted by Gasteiger charge is 2.14. The Morgan fingerprint density at radius 3 is 2.80 bits per heavy atom. The van der Waals surface area contributed by atoms with E-state index < -0.39 is 0 Å². The molecule has 0 radical (unpaired) electrons. The van der Waals surface area contributed by atoms with Crippen molar-refractivity contribution in [2.24, 2.45) is 13.0 Å². The second-order valence-corrected chi connectivity index (χ2v) is 5.68. The van der Waals surface area contributed by atoms with Crippen LogP contribution >= 0.6 is 0 Å². The summed E-state index contributed by atoms with van der Waals surface area (Å²) in [5, 5.41) is 8.75. The second kappa shape index (κ2) is 4.77. The van der Waals surface area contributed by atoms with E-state index in [1.165, 1.54) is 0 Å². The molecule has 0 unspecified atom stereocenters.